The van der Waals surface area contributed by atoms with Crippen LogP contribution in [0.3, 0.4) is 0 Å². The third-order valence-electron chi connectivity index (χ3n) is 2.53. The number of nitrogens with two attached hydrogens (primary N) is 1. The first kappa shape index (κ1) is 11.9. The minimum Gasteiger partial charge on any atom is -0.324 e. The lowest BCUT2D eigenvalue weighted by molar-refractivity contribution is -0.141. The van der Waals surface area contributed by atoms with E-state index >= 15 is 0 Å². The van der Waals surface area contributed by atoms with E-state index in [1.165, 1.54) is 0 Å². The third-order valence-corrected chi connectivity index (χ3v) is 2.53. The number of hydrogen-bond acceptors (Lipinski definition) is 2. The molecule has 0 amide bonds. The highest BCUT2D eigenvalue weighted by Gasteiger charge is 2.33. The molecule has 1 atom stereocenters. The zero-order valence-corrected chi connectivity index (χ0v) is 9.12. The SMILES string of the molecule is CC(N)c1cc(C(F)(F)F)nc2ccccc12. The Labute approximate surface area is 96.3 Å². The average molecular weight is 240 g/mol. The fourth-order valence-electron chi connectivity index (χ4n) is 1.72. The number of nitrogens with zero attached hydrogens (tertiary/aromatic N) is 1. The van der Waals surface area contributed by atoms with Gasteiger partial charge in [-0.15, -0.1) is 0 Å². The normalized spacial score (nSPS) is 13.9. The molecule has 17 heavy (non-hydrogen) atoms. The Hall–Kier alpha value is -1.62. The van der Waals surface area contributed by atoms with Crippen LogP contribution in [0.15, 0.2) is 30.3 Å². The molecule has 0 radical (unpaired) electrons. The molecule has 2 rings (SSSR count). The summed E-state index contributed by atoms with van der Waals surface area (Å²) >= 11 is 0. The first-order valence-corrected chi connectivity index (χ1v) is 5.12. The summed E-state index contributed by atoms with van der Waals surface area (Å²) in [6.07, 6.45) is -4.45. The molecule has 90 valence electrons. The van der Waals surface area contributed by atoms with Crippen LogP contribution in [0.5, 0.6) is 0 Å². The van der Waals surface area contributed by atoms with E-state index in [1.54, 1.807) is 31.2 Å². The van der Waals surface area contributed by atoms with Crippen molar-refractivity contribution in [3.8, 4) is 0 Å². The zero-order chi connectivity index (χ0) is 12.6. The molecule has 2 N–H and O–H groups in total. The Bertz CT molecular complexity index is 547. The summed E-state index contributed by atoms with van der Waals surface area (Å²) in [6, 6.07) is 7.23. The highest BCUT2D eigenvalue weighted by atomic mass is 19.4. The molecule has 1 aromatic carbocycles. The molecule has 1 unspecified atom stereocenters. The lowest BCUT2D eigenvalue weighted by Crippen LogP contribution is -2.12. The molecule has 5 heteroatoms. The van der Waals surface area contributed by atoms with E-state index in [9.17, 15) is 13.2 Å². The van der Waals surface area contributed by atoms with Gasteiger partial charge in [0.1, 0.15) is 5.69 Å². The van der Waals surface area contributed by atoms with Gasteiger partial charge in [-0.1, -0.05) is 18.2 Å². The highest BCUT2D eigenvalue weighted by molar-refractivity contribution is 5.82. The van der Waals surface area contributed by atoms with Gasteiger partial charge in [0.05, 0.1) is 5.52 Å². The molecule has 0 fully saturated rings. The Morgan fingerprint density at radius 1 is 1.24 bits per heavy atom. The van der Waals surface area contributed by atoms with Gasteiger partial charge in [0.25, 0.3) is 0 Å². The van der Waals surface area contributed by atoms with E-state index in [4.69, 9.17) is 5.73 Å². The van der Waals surface area contributed by atoms with Crippen molar-refractivity contribution in [2.75, 3.05) is 0 Å². The van der Waals surface area contributed by atoms with Gasteiger partial charge >= 0.3 is 6.18 Å². The molecule has 1 aromatic heterocycles. The summed E-state index contributed by atoms with van der Waals surface area (Å²) in [7, 11) is 0. The maximum Gasteiger partial charge on any atom is 0.433 e. The zero-order valence-electron chi connectivity index (χ0n) is 9.12. The quantitative estimate of drug-likeness (QED) is 0.830. The molecule has 1 heterocycles. The molecule has 0 bridgehead atoms. The second kappa shape index (κ2) is 4.00. The number of rotatable bonds is 1. The lowest BCUT2D eigenvalue weighted by atomic mass is 10.0. The number of alkyl halides is 3. The van der Waals surface area contributed by atoms with Crippen LogP contribution in [0, 0.1) is 0 Å². The van der Waals surface area contributed by atoms with Crippen molar-refractivity contribution < 1.29 is 13.2 Å². The molecule has 0 spiro atoms. The number of halogens is 3. The fraction of sp³-hybridized carbons (Fsp3) is 0.250. The van der Waals surface area contributed by atoms with Gasteiger partial charge in [0.15, 0.2) is 0 Å². The largest absolute Gasteiger partial charge is 0.433 e. The summed E-state index contributed by atoms with van der Waals surface area (Å²) in [5, 5.41) is 0.663. The van der Waals surface area contributed by atoms with Crippen LogP contribution >= 0.6 is 0 Å². The Balaban J connectivity index is 2.76. The fourth-order valence-corrected chi connectivity index (χ4v) is 1.72. The molecule has 0 aliphatic rings. The molecule has 0 saturated heterocycles. The van der Waals surface area contributed by atoms with Crippen molar-refractivity contribution in [2.45, 2.75) is 19.1 Å². The molecular weight excluding hydrogens is 229 g/mol. The van der Waals surface area contributed by atoms with Crippen molar-refractivity contribution in [3.63, 3.8) is 0 Å². The minimum atomic E-state index is -4.45. The first-order chi connectivity index (χ1) is 7.89. The minimum absolute atomic E-state index is 0.314. The molecule has 2 nitrogen and oxygen atoms in total. The lowest BCUT2D eigenvalue weighted by Gasteiger charge is -2.13. The van der Waals surface area contributed by atoms with Gasteiger partial charge in [-0.05, 0) is 24.6 Å². The Kier molecular flexibility index (Phi) is 2.79. The van der Waals surface area contributed by atoms with Crippen LogP contribution in [0.25, 0.3) is 10.9 Å². The average Bonchev–Trinajstić information content (AvgIpc) is 2.26. The predicted octanol–water partition coefficient (Wildman–Crippen LogP) is 3.27. The number of fused-ring (bicyclic) bond motifs is 1. The Morgan fingerprint density at radius 3 is 2.47 bits per heavy atom. The topological polar surface area (TPSA) is 38.9 Å². The molecule has 0 aliphatic heterocycles. The van der Waals surface area contributed by atoms with E-state index in [2.05, 4.69) is 4.98 Å². The standard InChI is InChI=1S/C12H11F3N2/c1-7(16)9-6-11(12(13,14)15)17-10-5-3-2-4-8(9)10/h2-7H,16H2,1H3. The number of pyridine rings is 1. The van der Waals surface area contributed by atoms with Crippen molar-refractivity contribution in [3.05, 3.63) is 41.6 Å². The number of para-hydroxylation sites is 1. The van der Waals surface area contributed by atoms with E-state index in [-0.39, 0.29) is 0 Å². The smallest absolute Gasteiger partial charge is 0.324 e. The van der Waals surface area contributed by atoms with Gasteiger partial charge in [-0.3, -0.25) is 0 Å². The van der Waals surface area contributed by atoms with Crippen LogP contribution in [-0.2, 0) is 6.18 Å². The number of hydrogen-bond donors (Lipinski definition) is 1. The Morgan fingerprint density at radius 2 is 1.88 bits per heavy atom. The highest BCUT2D eigenvalue weighted by Crippen LogP contribution is 2.32. The van der Waals surface area contributed by atoms with Gasteiger partial charge in [0.2, 0.25) is 0 Å². The second-order valence-corrected chi connectivity index (χ2v) is 3.90. The summed E-state index contributed by atoms with van der Waals surface area (Å²) in [5.41, 5.74) is 5.57. The van der Waals surface area contributed by atoms with Crippen LogP contribution < -0.4 is 5.73 Å². The first-order valence-electron chi connectivity index (χ1n) is 5.12. The number of aromatic nitrogens is 1. The van der Waals surface area contributed by atoms with Gasteiger partial charge in [-0.2, -0.15) is 13.2 Å². The molecule has 0 aliphatic carbocycles. The monoisotopic (exact) mass is 240 g/mol. The summed E-state index contributed by atoms with van der Waals surface area (Å²) < 4.78 is 38.0. The second-order valence-electron chi connectivity index (χ2n) is 3.90. The van der Waals surface area contributed by atoms with Gasteiger partial charge in [0, 0.05) is 11.4 Å². The van der Waals surface area contributed by atoms with Crippen LogP contribution in [-0.4, -0.2) is 4.98 Å². The molecular formula is C12H11F3N2. The molecule has 2 aromatic rings. The van der Waals surface area contributed by atoms with Gasteiger partial charge < -0.3 is 5.73 Å². The summed E-state index contributed by atoms with van der Waals surface area (Å²) in [6.45, 7) is 1.65. The number of benzene rings is 1. The van der Waals surface area contributed by atoms with E-state index in [0.717, 1.165) is 6.07 Å². The van der Waals surface area contributed by atoms with Crippen molar-refractivity contribution in [1.82, 2.24) is 4.98 Å². The van der Waals surface area contributed by atoms with Crippen molar-refractivity contribution in [1.29, 1.82) is 0 Å². The van der Waals surface area contributed by atoms with Gasteiger partial charge in [-0.25, -0.2) is 4.98 Å². The van der Waals surface area contributed by atoms with E-state index in [1.807, 2.05) is 0 Å². The van der Waals surface area contributed by atoms with Crippen LogP contribution in [0.1, 0.15) is 24.2 Å². The molecule has 0 saturated carbocycles. The van der Waals surface area contributed by atoms with Crippen molar-refractivity contribution >= 4 is 10.9 Å². The van der Waals surface area contributed by atoms with Crippen LogP contribution in [0.2, 0.25) is 0 Å². The summed E-state index contributed by atoms with van der Waals surface area (Å²) in [4.78, 5) is 3.61. The van der Waals surface area contributed by atoms with Crippen molar-refractivity contribution in [2.24, 2.45) is 5.73 Å². The predicted molar refractivity (Wildman–Crippen MR) is 59.3 cm³/mol. The maximum atomic E-state index is 12.7. The van der Waals surface area contributed by atoms with E-state index < -0.39 is 17.9 Å². The van der Waals surface area contributed by atoms with E-state index in [0.29, 0.717) is 16.5 Å². The summed E-state index contributed by atoms with van der Waals surface area (Å²) in [5.74, 6) is 0. The van der Waals surface area contributed by atoms with Crippen LogP contribution in [0.4, 0.5) is 13.2 Å². The maximum absolute atomic E-state index is 12.7. The third kappa shape index (κ3) is 2.24.